The Balaban J connectivity index is 2.09. The molecule has 0 fully saturated rings. The molecule has 0 aliphatic rings. The molecule has 0 aliphatic carbocycles. The average molecular weight is 469 g/mol. The summed E-state index contributed by atoms with van der Waals surface area (Å²) < 4.78 is 1.31. The van der Waals surface area contributed by atoms with Crippen LogP contribution in [0.4, 0.5) is 11.5 Å². The molecule has 3 rings (SSSR count). The molecule has 0 spiro atoms. The van der Waals surface area contributed by atoms with Crippen molar-refractivity contribution in [3.63, 3.8) is 0 Å². The highest BCUT2D eigenvalue weighted by atomic mass is 32.1. The number of aromatic amines is 1. The second kappa shape index (κ2) is 10.7. The minimum atomic E-state index is -0.652. The van der Waals surface area contributed by atoms with E-state index in [1.165, 1.54) is 20.8 Å². The van der Waals surface area contributed by atoms with Crippen LogP contribution in [0.25, 0.3) is 0 Å². The molecule has 3 aromatic rings. The first-order chi connectivity index (χ1) is 15.7. The van der Waals surface area contributed by atoms with Crippen LogP contribution < -0.4 is 21.9 Å². The van der Waals surface area contributed by atoms with Gasteiger partial charge in [-0.1, -0.05) is 57.5 Å². The number of anilines is 2. The first-order valence-corrected chi connectivity index (χ1v) is 12.1. The molecule has 8 heteroatoms. The molecular formula is C25H32N4O3S. The summed E-state index contributed by atoms with van der Waals surface area (Å²) in [5, 5.41) is 0. The van der Waals surface area contributed by atoms with Gasteiger partial charge in [0.1, 0.15) is 5.82 Å². The highest BCUT2D eigenvalue weighted by molar-refractivity contribution is 7.14. The number of aryl methyl sites for hydroxylation is 2. The van der Waals surface area contributed by atoms with Crippen LogP contribution in [-0.4, -0.2) is 22.0 Å². The van der Waals surface area contributed by atoms with Gasteiger partial charge in [-0.25, -0.2) is 4.79 Å². The second-order valence-electron chi connectivity index (χ2n) is 8.65. The lowest BCUT2D eigenvalue weighted by molar-refractivity contribution is 0.0989. The summed E-state index contributed by atoms with van der Waals surface area (Å²) in [6.07, 6.45) is 2.57. The van der Waals surface area contributed by atoms with E-state index >= 15 is 0 Å². The molecule has 2 heterocycles. The third-order valence-electron chi connectivity index (χ3n) is 5.59. The Morgan fingerprint density at radius 2 is 1.91 bits per heavy atom. The van der Waals surface area contributed by atoms with Gasteiger partial charge >= 0.3 is 5.69 Å². The number of benzene rings is 1. The van der Waals surface area contributed by atoms with Gasteiger partial charge < -0.3 is 5.73 Å². The zero-order valence-corrected chi connectivity index (χ0v) is 20.5. The van der Waals surface area contributed by atoms with Crippen LogP contribution in [0.2, 0.25) is 0 Å². The maximum Gasteiger partial charge on any atom is 0.330 e. The minimum Gasteiger partial charge on any atom is -0.383 e. The summed E-state index contributed by atoms with van der Waals surface area (Å²) in [4.78, 5) is 44.6. The fourth-order valence-electron chi connectivity index (χ4n) is 3.74. The zero-order valence-electron chi connectivity index (χ0n) is 19.7. The van der Waals surface area contributed by atoms with Gasteiger partial charge in [0.2, 0.25) is 0 Å². The molecule has 0 saturated carbocycles. The van der Waals surface area contributed by atoms with E-state index in [0.29, 0.717) is 23.8 Å². The first kappa shape index (κ1) is 24.5. The summed E-state index contributed by atoms with van der Waals surface area (Å²) in [7, 11) is 0. The van der Waals surface area contributed by atoms with E-state index in [4.69, 9.17) is 5.73 Å². The van der Waals surface area contributed by atoms with E-state index in [-0.39, 0.29) is 24.0 Å². The van der Waals surface area contributed by atoms with E-state index in [9.17, 15) is 14.4 Å². The van der Waals surface area contributed by atoms with Gasteiger partial charge in [0.25, 0.3) is 11.5 Å². The molecule has 3 N–H and O–H groups in total. The quantitative estimate of drug-likeness (QED) is 0.492. The monoisotopic (exact) mass is 468 g/mol. The van der Waals surface area contributed by atoms with Crippen LogP contribution in [0.1, 0.15) is 59.3 Å². The summed E-state index contributed by atoms with van der Waals surface area (Å²) in [6.45, 7) is 8.74. The van der Waals surface area contributed by atoms with Crippen LogP contribution in [0.5, 0.6) is 0 Å². The first-order valence-electron chi connectivity index (χ1n) is 11.3. The van der Waals surface area contributed by atoms with Crippen LogP contribution in [0, 0.1) is 12.8 Å². The molecule has 1 amide bonds. The SMILES string of the molecule is CCCc1cc(C(=O)N(CCC(C)C)c2c(N)n(Cc3ccccc3)c(=O)[nH]c2=O)sc1C. The number of hydrogen-bond donors (Lipinski definition) is 2. The third-order valence-corrected chi connectivity index (χ3v) is 6.67. The van der Waals surface area contributed by atoms with Crippen LogP contribution >= 0.6 is 11.3 Å². The van der Waals surface area contributed by atoms with Gasteiger partial charge in [0, 0.05) is 11.4 Å². The van der Waals surface area contributed by atoms with Crippen molar-refractivity contribution in [2.24, 2.45) is 5.92 Å². The molecule has 0 saturated heterocycles. The number of H-pyrrole nitrogens is 1. The van der Waals surface area contributed by atoms with Crippen molar-refractivity contribution in [3.05, 3.63) is 78.1 Å². The predicted molar refractivity (Wildman–Crippen MR) is 135 cm³/mol. The van der Waals surface area contributed by atoms with Gasteiger partial charge in [0.15, 0.2) is 5.69 Å². The van der Waals surface area contributed by atoms with Crippen molar-refractivity contribution in [2.45, 2.75) is 53.5 Å². The Bertz CT molecular complexity index is 1220. The van der Waals surface area contributed by atoms with Crippen molar-refractivity contribution in [2.75, 3.05) is 17.2 Å². The van der Waals surface area contributed by atoms with Crippen molar-refractivity contribution in [1.29, 1.82) is 0 Å². The van der Waals surface area contributed by atoms with Crippen LogP contribution in [0.15, 0.2) is 46.0 Å². The van der Waals surface area contributed by atoms with Crippen LogP contribution in [0.3, 0.4) is 0 Å². The molecule has 33 heavy (non-hydrogen) atoms. The lowest BCUT2D eigenvalue weighted by atomic mass is 10.1. The maximum absolute atomic E-state index is 13.6. The van der Waals surface area contributed by atoms with E-state index in [1.54, 1.807) is 0 Å². The minimum absolute atomic E-state index is 0.00762. The number of aromatic nitrogens is 2. The number of carbonyl (C=O) groups is 1. The summed E-state index contributed by atoms with van der Waals surface area (Å²) >= 11 is 1.43. The van der Waals surface area contributed by atoms with Gasteiger partial charge in [-0.05, 0) is 42.9 Å². The van der Waals surface area contributed by atoms with Gasteiger partial charge in [0.05, 0.1) is 11.4 Å². The topological polar surface area (TPSA) is 101 Å². The fraction of sp³-hybridized carbons (Fsp3) is 0.400. The standard InChI is InChI=1S/C25H32N4O3S/c1-5-9-19-14-20(33-17(19)4)24(31)28(13-12-16(2)3)21-22(26)29(25(32)27-23(21)30)15-18-10-7-6-8-11-18/h6-8,10-11,14,16H,5,9,12-13,15,26H2,1-4H3,(H,27,30,32). The predicted octanol–water partition coefficient (Wildman–Crippen LogP) is 4.18. The smallest absolute Gasteiger partial charge is 0.330 e. The number of nitrogens with two attached hydrogens (primary N) is 1. The van der Waals surface area contributed by atoms with Crippen molar-refractivity contribution >= 4 is 28.7 Å². The highest BCUT2D eigenvalue weighted by Crippen LogP contribution is 2.27. The van der Waals surface area contributed by atoms with E-state index in [2.05, 4.69) is 25.8 Å². The Hall–Kier alpha value is -3.13. The molecule has 2 aromatic heterocycles. The van der Waals surface area contributed by atoms with E-state index in [1.807, 2.05) is 43.3 Å². The number of carbonyl (C=O) groups excluding carboxylic acids is 1. The average Bonchev–Trinajstić information content (AvgIpc) is 3.14. The van der Waals surface area contributed by atoms with E-state index in [0.717, 1.165) is 28.8 Å². The number of nitrogens with zero attached hydrogens (tertiary/aromatic N) is 2. The molecule has 176 valence electrons. The largest absolute Gasteiger partial charge is 0.383 e. The Labute approximate surface area is 197 Å². The Morgan fingerprint density at radius 1 is 1.21 bits per heavy atom. The van der Waals surface area contributed by atoms with Gasteiger partial charge in [-0.2, -0.15) is 0 Å². The van der Waals surface area contributed by atoms with Gasteiger partial charge in [-0.15, -0.1) is 11.3 Å². The zero-order chi connectivity index (χ0) is 24.1. The Morgan fingerprint density at radius 3 is 2.55 bits per heavy atom. The van der Waals surface area contributed by atoms with Crippen LogP contribution in [-0.2, 0) is 13.0 Å². The summed E-state index contributed by atoms with van der Waals surface area (Å²) in [6, 6.07) is 11.3. The summed E-state index contributed by atoms with van der Waals surface area (Å²) in [5.41, 5.74) is 7.18. The second-order valence-corrected chi connectivity index (χ2v) is 9.90. The molecule has 7 nitrogen and oxygen atoms in total. The number of amides is 1. The van der Waals surface area contributed by atoms with E-state index < -0.39 is 11.2 Å². The lowest BCUT2D eigenvalue weighted by Crippen LogP contribution is -2.41. The van der Waals surface area contributed by atoms with Crippen molar-refractivity contribution < 1.29 is 4.79 Å². The summed E-state index contributed by atoms with van der Waals surface area (Å²) in [5.74, 6) is 0.0385. The molecule has 1 aromatic carbocycles. The Kier molecular flexibility index (Phi) is 7.92. The van der Waals surface area contributed by atoms with Gasteiger partial charge in [-0.3, -0.25) is 24.0 Å². The number of nitrogens with one attached hydrogen (secondary N) is 1. The van der Waals surface area contributed by atoms with Crippen molar-refractivity contribution in [1.82, 2.24) is 9.55 Å². The normalized spacial score (nSPS) is 11.2. The number of rotatable bonds is 9. The number of hydrogen-bond acceptors (Lipinski definition) is 5. The highest BCUT2D eigenvalue weighted by Gasteiger charge is 2.27. The fourth-order valence-corrected chi connectivity index (χ4v) is 4.76. The molecule has 0 bridgehead atoms. The molecule has 0 unspecified atom stereocenters. The number of thiophene rings is 1. The molecule has 0 radical (unpaired) electrons. The maximum atomic E-state index is 13.6. The number of nitrogen functional groups attached to an aromatic ring is 1. The third kappa shape index (κ3) is 5.63. The van der Waals surface area contributed by atoms with Crippen molar-refractivity contribution in [3.8, 4) is 0 Å². The lowest BCUT2D eigenvalue weighted by Gasteiger charge is -2.25. The molecule has 0 aliphatic heterocycles. The molecule has 0 atom stereocenters. The molecular weight excluding hydrogens is 436 g/mol.